The summed E-state index contributed by atoms with van der Waals surface area (Å²) >= 11 is 0. The number of amides is 2. The Morgan fingerprint density at radius 3 is 1.12 bits per heavy atom. The Morgan fingerprint density at radius 2 is 0.877 bits per heavy atom. The van der Waals surface area contributed by atoms with Gasteiger partial charge in [0, 0.05) is 47.2 Å². The molecule has 0 aliphatic rings. The van der Waals surface area contributed by atoms with Crippen molar-refractivity contribution >= 4 is 23.2 Å². The van der Waals surface area contributed by atoms with Crippen molar-refractivity contribution in [3.63, 3.8) is 0 Å². The molecule has 0 spiro atoms. The molecule has 0 saturated carbocycles. The molecular formula is C48H66F4N2O2Ti. The third-order valence-electron chi connectivity index (χ3n) is 9.24. The van der Waals surface area contributed by atoms with Crippen molar-refractivity contribution in [3.8, 4) is 0 Å². The molecule has 0 saturated heterocycles. The van der Waals surface area contributed by atoms with Gasteiger partial charge in [-0.15, -0.1) is 36.4 Å². The van der Waals surface area contributed by atoms with Crippen LogP contribution >= 0.6 is 0 Å². The summed E-state index contributed by atoms with van der Waals surface area (Å²) in [7, 11) is 0. The summed E-state index contributed by atoms with van der Waals surface area (Å²) in [6.45, 7) is 16.7. The number of hydrogen-bond donors (Lipinski definition) is 0. The van der Waals surface area contributed by atoms with Crippen LogP contribution in [0.1, 0.15) is 132 Å². The Morgan fingerprint density at radius 1 is 0.544 bits per heavy atom. The van der Waals surface area contributed by atoms with Gasteiger partial charge in [0.1, 0.15) is 0 Å². The van der Waals surface area contributed by atoms with Gasteiger partial charge in [-0.05, 0) is 37.1 Å². The van der Waals surface area contributed by atoms with E-state index in [2.05, 4.69) is 13.8 Å². The van der Waals surface area contributed by atoms with Gasteiger partial charge in [0.15, 0.2) is 0 Å². The smallest absolute Gasteiger partial charge is 0.363 e. The molecule has 57 heavy (non-hydrogen) atoms. The first-order valence-electron chi connectivity index (χ1n) is 20.4. The maximum atomic E-state index is 14.1. The van der Waals surface area contributed by atoms with E-state index in [9.17, 15) is 27.2 Å². The van der Waals surface area contributed by atoms with E-state index in [4.69, 9.17) is 0 Å². The summed E-state index contributed by atoms with van der Waals surface area (Å²) in [4.78, 5) is 28.8. The van der Waals surface area contributed by atoms with Crippen LogP contribution in [0.5, 0.6) is 0 Å². The van der Waals surface area contributed by atoms with Crippen molar-refractivity contribution in [1.82, 2.24) is 0 Å². The number of benzene rings is 2. The summed E-state index contributed by atoms with van der Waals surface area (Å²) in [6, 6.07) is 29.0. The van der Waals surface area contributed by atoms with E-state index in [-0.39, 0.29) is 44.9 Å². The molecule has 4 aromatic rings. The van der Waals surface area contributed by atoms with E-state index >= 15 is 0 Å². The Bertz CT molecular complexity index is 1450. The summed E-state index contributed by atoms with van der Waals surface area (Å²) in [5, 5.41) is 0. The summed E-state index contributed by atoms with van der Waals surface area (Å²) in [5.74, 6) is -3.35. The van der Waals surface area contributed by atoms with Gasteiger partial charge in [-0.2, -0.15) is 36.4 Å². The fourth-order valence-corrected chi connectivity index (χ4v) is 6.18. The van der Waals surface area contributed by atoms with E-state index in [1.165, 1.54) is 21.9 Å². The standard InChI is InChI=1S/2C19H28F2NO.2C5H5.Ti/c2*1-5-7-8-9-13-22(18(23)19(3,4)12-6-2)17-11-10-15(20)14-16(17)21;2*1-2-4-5-3-1;/h2*10-11H,5-9,12-13H2,1-4H3;2*1-5H;/q4*-1;+4. The summed E-state index contributed by atoms with van der Waals surface area (Å²) in [5.41, 5.74) is -0.894. The second-order valence-electron chi connectivity index (χ2n) is 15.2. The van der Waals surface area contributed by atoms with Crippen LogP contribution in [0.25, 0.3) is 0 Å². The van der Waals surface area contributed by atoms with Crippen LogP contribution in [0, 0.1) is 46.2 Å². The zero-order valence-corrected chi connectivity index (χ0v) is 37.3. The summed E-state index contributed by atoms with van der Waals surface area (Å²) < 4.78 is 54.5. The maximum absolute atomic E-state index is 14.1. The predicted molar refractivity (Wildman–Crippen MR) is 225 cm³/mol. The summed E-state index contributed by atoms with van der Waals surface area (Å²) in [6.07, 6.45) is 11.1. The van der Waals surface area contributed by atoms with Gasteiger partial charge in [-0.3, -0.25) is 9.59 Å². The first-order valence-corrected chi connectivity index (χ1v) is 20.4. The minimum Gasteiger partial charge on any atom is -0.363 e. The van der Waals surface area contributed by atoms with Gasteiger partial charge in [0.25, 0.3) is 0 Å². The molecule has 4 rings (SSSR count). The van der Waals surface area contributed by atoms with Gasteiger partial charge >= 0.3 is 21.7 Å². The van der Waals surface area contributed by atoms with Crippen LogP contribution in [0.2, 0.25) is 0 Å². The van der Waals surface area contributed by atoms with Crippen LogP contribution in [-0.2, 0) is 31.3 Å². The van der Waals surface area contributed by atoms with Gasteiger partial charge < -0.3 is 9.80 Å². The topological polar surface area (TPSA) is 40.6 Å². The van der Waals surface area contributed by atoms with Crippen molar-refractivity contribution in [2.45, 2.75) is 132 Å². The largest absolute Gasteiger partial charge is 4.00 e. The number of nitrogens with zero attached hydrogens (tertiary/aromatic N) is 2. The third kappa shape index (κ3) is 20.7. The molecule has 312 valence electrons. The molecule has 0 aromatic heterocycles. The number of unbranched alkanes of at least 4 members (excludes halogenated alkanes) is 6. The number of hydrogen-bond acceptors (Lipinski definition) is 2. The first kappa shape index (κ1) is 53.5. The predicted octanol–water partition coefficient (Wildman–Crippen LogP) is 13.8. The molecule has 0 aliphatic heterocycles. The van der Waals surface area contributed by atoms with E-state index in [1.54, 1.807) is 0 Å². The van der Waals surface area contributed by atoms with E-state index in [0.717, 1.165) is 89.2 Å². The van der Waals surface area contributed by atoms with Crippen LogP contribution in [-0.4, -0.2) is 24.9 Å². The fourth-order valence-electron chi connectivity index (χ4n) is 6.18. The monoisotopic (exact) mass is 826 g/mol. The molecule has 9 heteroatoms. The molecule has 0 unspecified atom stereocenters. The van der Waals surface area contributed by atoms with Crippen LogP contribution < -0.4 is 9.80 Å². The third-order valence-corrected chi connectivity index (χ3v) is 9.24. The van der Waals surface area contributed by atoms with E-state index in [0.29, 0.717) is 13.1 Å². The van der Waals surface area contributed by atoms with Crippen molar-refractivity contribution in [1.29, 1.82) is 0 Å². The molecule has 0 N–H and O–H groups in total. The average Bonchev–Trinajstić information content (AvgIpc) is 3.93. The fraction of sp³-hybridized carbons (Fsp3) is 0.500. The van der Waals surface area contributed by atoms with Crippen LogP contribution in [0.4, 0.5) is 28.9 Å². The molecular weight excluding hydrogens is 760 g/mol. The molecule has 0 atom stereocenters. The molecule has 4 aromatic carbocycles. The molecule has 0 radical (unpaired) electrons. The second-order valence-corrected chi connectivity index (χ2v) is 15.2. The van der Waals surface area contributed by atoms with Crippen molar-refractivity contribution < 1.29 is 48.9 Å². The zero-order chi connectivity index (χ0) is 42.0. The number of rotatable bonds is 18. The Balaban J connectivity index is 0.000000865. The first-order chi connectivity index (χ1) is 26.7. The maximum Gasteiger partial charge on any atom is 4.00 e. The minimum atomic E-state index is -0.805. The van der Waals surface area contributed by atoms with Crippen molar-refractivity contribution in [2.24, 2.45) is 10.8 Å². The van der Waals surface area contributed by atoms with Crippen molar-refractivity contribution in [2.75, 3.05) is 22.9 Å². The van der Waals surface area contributed by atoms with Gasteiger partial charge in [-0.25, -0.2) is 41.8 Å². The second kappa shape index (κ2) is 29.7. The van der Waals surface area contributed by atoms with Gasteiger partial charge in [-0.1, -0.05) is 107 Å². The SMILES string of the molecule is CCCCCCN(C(=O)C(C)(C)CCC)c1ccc(F)[c-]c1F.CCCCCCN(C(=O)C(C)(C)CCC)c1ccc(F)[c-]c1F.[Ti+4].c1cc[cH-]c1.c1cc[cH-]c1. The van der Waals surface area contributed by atoms with Crippen LogP contribution in [0.3, 0.4) is 0 Å². The normalized spacial score (nSPS) is 10.7. The zero-order valence-electron chi connectivity index (χ0n) is 35.7. The minimum absolute atomic E-state index is 0. The quantitative estimate of drug-likeness (QED) is 0.0434. The number of anilines is 2. The Hall–Kier alpha value is -3.49. The molecule has 0 aliphatic carbocycles. The van der Waals surface area contributed by atoms with Crippen molar-refractivity contribution in [3.05, 3.63) is 120 Å². The molecule has 0 fully saturated rings. The van der Waals surface area contributed by atoms with Crippen LogP contribution in [0.15, 0.2) is 84.9 Å². The molecule has 0 heterocycles. The Kier molecular flexibility index (Phi) is 27.9. The number of carbonyl (C=O) groups excluding carboxylic acids is 2. The molecule has 2 amide bonds. The molecule has 0 bridgehead atoms. The molecule has 4 nitrogen and oxygen atoms in total. The van der Waals surface area contributed by atoms with Gasteiger partial charge in [0.2, 0.25) is 11.8 Å². The average molecular weight is 827 g/mol. The Labute approximate surface area is 357 Å². The number of carbonyl (C=O) groups is 2. The van der Waals surface area contributed by atoms with E-state index in [1.807, 2.05) is 114 Å². The van der Waals surface area contributed by atoms with Gasteiger partial charge in [0.05, 0.1) is 0 Å². The number of halogens is 4. The van der Waals surface area contributed by atoms with E-state index < -0.39 is 34.1 Å².